The molecule has 1 aliphatic carbocycles. The summed E-state index contributed by atoms with van der Waals surface area (Å²) < 4.78 is 5.11. The monoisotopic (exact) mass is 199 g/mol. The van der Waals surface area contributed by atoms with Crippen LogP contribution in [0.3, 0.4) is 0 Å². The van der Waals surface area contributed by atoms with Crippen molar-refractivity contribution >= 4 is 0 Å². The number of hydrogen-bond donors (Lipinski definition) is 1. The Hall–Kier alpha value is -0.0800. The minimum atomic E-state index is 0.801. The molecule has 0 heterocycles. The van der Waals surface area contributed by atoms with E-state index in [2.05, 4.69) is 12.2 Å². The van der Waals surface area contributed by atoms with Gasteiger partial charge in [0.15, 0.2) is 0 Å². The molecule has 0 radical (unpaired) electrons. The van der Waals surface area contributed by atoms with Crippen LogP contribution in [-0.4, -0.2) is 26.8 Å². The number of methoxy groups -OCH3 is 1. The summed E-state index contributed by atoms with van der Waals surface area (Å²) >= 11 is 0. The van der Waals surface area contributed by atoms with Gasteiger partial charge in [0, 0.05) is 13.7 Å². The minimum absolute atomic E-state index is 0.801. The third-order valence-corrected chi connectivity index (χ3v) is 3.40. The fourth-order valence-corrected chi connectivity index (χ4v) is 1.92. The normalized spacial score (nSPS) is 19.3. The first kappa shape index (κ1) is 12.0. The van der Waals surface area contributed by atoms with Crippen molar-refractivity contribution in [2.45, 2.75) is 39.0 Å². The maximum atomic E-state index is 5.11. The third-order valence-electron chi connectivity index (χ3n) is 3.40. The molecule has 0 unspecified atom stereocenters. The van der Waals surface area contributed by atoms with Gasteiger partial charge in [0.1, 0.15) is 0 Å². The van der Waals surface area contributed by atoms with Crippen LogP contribution in [0.25, 0.3) is 0 Å². The van der Waals surface area contributed by atoms with Crippen LogP contribution in [0.1, 0.15) is 39.0 Å². The second-order valence-electron chi connectivity index (χ2n) is 4.51. The van der Waals surface area contributed by atoms with E-state index in [1.54, 1.807) is 7.11 Å². The summed E-state index contributed by atoms with van der Waals surface area (Å²) in [5.74, 6) is 1.78. The van der Waals surface area contributed by atoms with E-state index >= 15 is 0 Å². The van der Waals surface area contributed by atoms with Crippen molar-refractivity contribution in [3.63, 3.8) is 0 Å². The Kier molecular flexibility index (Phi) is 6.20. The molecule has 1 saturated carbocycles. The van der Waals surface area contributed by atoms with Crippen LogP contribution in [0, 0.1) is 11.8 Å². The van der Waals surface area contributed by atoms with E-state index in [9.17, 15) is 0 Å². The Labute approximate surface area is 88.4 Å². The molecule has 1 rings (SSSR count). The number of hydrogen-bond acceptors (Lipinski definition) is 2. The molecule has 0 aromatic rings. The highest BCUT2D eigenvalue weighted by Gasteiger charge is 2.16. The minimum Gasteiger partial charge on any atom is -0.385 e. The zero-order valence-electron chi connectivity index (χ0n) is 9.72. The Balaban J connectivity index is 1.95. The number of nitrogens with one attached hydrogen (secondary N) is 1. The largest absolute Gasteiger partial charge is 0.385 e. The smallest absolute Gasteiger partial charge is 0.0465 e. The van der Waals surface area contributed by atoms with Gasteiger partial charge in [-0.3, -0.25) is 0 Å². The summed E-state index contributed by atoms with van der Waals surface area (Å²) in [6.45, 7) is 5.59. The van der Waals surface area contributed by atoms with Gasteiger partial charge in [0.25, 0.3) is 0 Å². The van der Waals surface area contributed by atoms with E-state index < -0.39 is 0 Å². The SMILES string of the molecule is CC[C@H](CCOC)CNCC1CCC1. The fourth-order valence-electron chi connectivity index (χ4n) is 1.92. The Morgan fingerprint density at radius 1 is 1.43 bits per heavy atom. The van der Waals surface area contributed by atoms with Crippen molar-refractivity contribution in [3.8, 4) is 0 Å². The third kappa shape index (κ3) is 4.43. The molecule has 1 atom stereocenters. The van der Waals surface area contributed by atoms with Gasteiger partial charge in [-0.2, -0.15) is 0 Å². The van der Waals surface area contributed by atoms with E-state index in [-0.39, 0.29) is 0 Å². The second kappa shape index (κ2) is 7.24. The maximum Gasteiger partial charge on any atom is 0.0465 e. The molecule has 14 heavy (non-hydrogen) atoms. The predicted molar refractivity (Wildman–Crippen MR) is 60.5 cm³/mol. The first-order valence-corrected chi connectivity index (χ1v) is 6.06. The molecule has 1 N–H and O–H groups in total. The lowest BCUT2D eigenvalue weighted by molar-refractivity contribution is 0.174. The molecule has 84 valence electrons. The van der Waals surface area contributed by atoms with Crippen LogP contribution >= 0.6 is 0 Å². The fraction of sp³-hybridized carbons (Fsp3) is 1.00. The lowest BCUT2D eigenvalue weighted by Gasteiger charge is -2.26. The zero-order valence-corrected chi connectivity index (χ0v) is 9.72. The van der Waals surface area contributed by atoms with Crippen molar-refractivity contribution in [1.29, 1.82) is 0 Å². The zero-order chi connectivity index (χ0) is 10.2. The average Bonchev–Trinajstić information content (AvgIpc) is 2.14. The molecule has 0 aromatic heterocycles. The van der Waals surface area contributed by atoms with Gasteiger partial charge < -0.3 is 10.1 Å². The van der Waals surface area contributed by atoms with E-state index in [0.29, 0.717) is 0 Å². The standard InChI is InChI=1S/C12H25NO/c1-3-11(7-8-14-2)9-13-10-12-5-4-6-12/h11-13H,3-10H2,1-2H3/t11-/m1/s1. The average molecular weight is 199 g/mol. The van der Waals surface area contributed by atoms with Crippen LogP contribution in [0.5, 0.6) is 0 Å². The molecule has 2 nitrogen and oxygen atoms in total. The maximum absolute atomic E-state index is 5.11. The van der Waals surface area contributed by atoms with E-state index in [1.165, 1.54) is 45.2 Å². The highest BCUT2D eigenvalue weighted by molar-refractivity contribution is 4.72. The molecule has 0 bridgehead atoms. The van der Waals surface area contributed by atoms with Crippen LogP contribution in [0.15, 0.2) is 0 Å². The van der Waals surface area contributed by atoms with Gasteiger partial charge in [-0.15, -0.1) is 0 Å². The Morgan fingerprint density at radius 2 is 2.21 bits per heavy atom. The van der Waals surface area contributed by atoms with Crippen LogP contribution in [0.4, 0.5) is 0 Å². The van der Waals surface area contributed by atoms with Gasteiger partial charge in [-0.25, -0.2) is 0 Å². The highest BCUT2D eigenvalue weighted by atomic mass is 16.5. The van der Waals surface area contributed by atoms with Gasteiger partial charge >= 0.3 is 0 Å². The van der Waals surface area contributed by atoms with Gasteiger partial charge in [0.2, 0.25) is 0 Å². The quantitative estimate of drug-likeness (QED) is 0.648. The van der Waals surface area contributed by atoms with Crippen molar-refractivity contribution in [2.24, 2.45) is 11.8 Å². The summed E-state index contributed by atoms with van der Waals surface area (Å²) in [5, 5.41) is 3.59. The molecule has 1 fully saturated rings. The number of rotatable bonds is 8. The molecule has 0 amide bonds. The lowest BCUT2D eigenvalue weighted by atomic mass is 9.85. The van der Waals surface area contributed by atoms with Crippen molar-refractivity contribution in [1.82, 2.24) is 5.32 Å². The first-order chi connectivity index (χ1) is 6.86. The van der Waals surface area contributed by atoms with E-state index in [1.807, 2.05) is 0 Å². The van der Waals surface area contributed by atoms with E-state index in [4.69, 9.17) is 4.74 Å². The lowest BCUT2D eigenvalue weighted by Crippen LogP contribution is -2.31. The topological polar surface area (TPSA) is 21.3 Å². The molecular formula is C12H25NO. The second-order valence-corrected chi connectivity index (χ2v) is 4.51. The van der Waals surface area contributed by atoms with Gasteiger partial charge in [-0.1, -0.05) is 19.8 Å². The Bertz CT molecular complexity index is 134. The highest BCUT2D eigenvalue weighted by Crippen LogP contribution is 2.25. The molecule has 0 spiro atoms. The van der Waals surface area contributed by atoms with Crippen molar-refractivity contribution in [3.05, 3.63) is 0 Å². The van der Waals surface area contributed by atoms with E-state index in [0.717, 1.165) is 18.4 Å². The summed E-state index contributed by atoms with van der Waals surface area (Å²) in [5.41, 5.74) is 0. The Morgan fingerprint density at radius 3 is 2.71 bits per heavy atom. The van der Waals surface area contributed by atoms with Crippen LogP contribution < -0.4 is 5.32 Å². The predicted octanol–water partition coefficient (Wildman–Crippen LogP) is 2.44. The summed E-state index contributed by atoms with van der Waals surface area (Å²) in [7, 11) is 1.79. The molecule has 0 saturated heterocycles. The van der Waals surface area contributed by atoms with Gasteiger partial charge in [-0.05, 0) is 44.2 Å². The summed E-state index contributed by atoms with van der Waals surface area (Å²) in [6, 6.07) is 0. The number of ether oxygens (including phenoxy) is 1. The van der Waals surface area contributed by atoms with Gasteiger partial charge in [0.05, 0.1) is 0 Å². The molecular weight excluding hydrogens is 174 g/mol. The molecule has 0 aromatic carbocycles. The summed E-state index contributed by atoms with van der Waals surface area (Å²) in [6.07, 6.45) is 6.81. The van der Waals surface area contributed by atoms with Crippen LogP contribution in [0.2, 0.25) is 0 Å². The van der Waals surface area contributed by atoms with Crippen molar-refractivity contribution in [2.75, 3.05) is 26.8 Å². The molecule has 2 heteroatoms. The summed E-state index contributed by atoms with van der Waals surface area (Å²) in [4.78, 5) is 0. The first-order valence-electron chi connectivity index (χ1n) is 6.06. The molecule has 0 aliphatic heterocycles. The molecule has 1 aliphatic rings. The van der Waals surface area contributed by atoms with Crippen molar-refractivity contribution < 1.29 is 4.74 Å². The van der Waals surface area contributed by atoms with Crippen LogP contribution in [-0.2, 0) is 4.74 Å².